The summed E-state index contributed by atoms with van der Waals surface area (Å²) in [6.07, 6.45) is 4.14. The Morgan fingerprint density at radius 3 is 2.93 bits per heavy atom. The van der Waals surface area contributed by atoms with Gasteiger partial charge in [-0.1, -0.05) is 6.92 Å². The van der Waals surface area contributed by atoms with Crippen LogP contribution in [0.2, 0.25) is 0 Å². The molecule has 1 rings (SSSR count). The third kappa shape index (κ3) is 2.11. The van der Waals surface area contributed by atoms with E-state index in [9.17, 15) is 4.79 Å². The topological polar surface area (TPSA) is 81.1 Å². The molecule has 0 aliphatic carbocycles. The molecule has 0 radical (unpaired) electrons. The van der Waals surface area contributed by atoms with Crippen LogP contribution in [0.5, 0.6) is 0 Å². The van der Waals surface area contributed by atoms with Gasteiger partial charge in [0.05, 0.1) is 6.20 Å². The summed E-state index contributed by atoms with van der Waals surface area (Å²) >= 11 is 0. The molecule has 2 unspecified atom stereocenters. The van der Waals surface area contributed by atoms with Crippen molar-refractivity contribution in [1.29, 1.82) is 0 Å². The number of aromatic nitrogens is 2. The monoisotopic (exact) mass is 197 g/mol. The molecular weight excluding hydrogens is 182 g/mol. The molecule has 0 saturated carbocycles. The maximum absolute atomic E-state index is 10.6. The Labute approximate surface area is 82.5 Å². The fraction of sp³-hybridized carbons (Fsp3) is 0.556. The van der Waals surface area contributed by atoms with Gasteiger partial charge in [-0.3, -0.25) is 9.48 Å². The quantitative estimate of drug-likeness (QED) is 0.752. The molecule has 0 saturated heterocycles. The van der Waals surface area contributed by atoms with Crippen molar-refractivity contribution in [3.05, 3.63) is 18.0 Å². The van der Waals surface area contributed by atoms with Gasteiger partial charge in [0.25, 0.3) is 0 Å². The summed E-state index contributed by atoms with van der Waals surface area (Å²) in [6, 6.07) is -0.711. The summed E-state index contributed by atoms with van der Waals surface area (Å²) in [5, 5.41) is 12.7. The lowest BCUT2D eigenvalue weighted by Gasteiger charge is -2.08. The molecular formula is C9H15N3O2. The zero-order valence-corrected chi connectivity index (χ0v) is 8.34. The van der Waals surface area contributed by atoms with Crippen molar-refractivity contribution in [1.82, 2.24) is 9.78 Å². The van der Waals surface area contributed by atoms with Crippen LogP contribution in [0.15, 0.2) is 12.4 Å². The second-order valence-corrected chi connectivity index (χ2v) is 3.33. The summed E-state index contributed by atoms with van der Waals surface area (Å²) in [7, 11) is 0. The predicted molar refractivity (Wildman–Crippen MR) is 51.8 cm³/mol. The van der Waals surface area contributed by atoms with Gasteiger partial charge in [0.2, 0.25) is 0 Å². The van der Waals surface area contributed by atoms with Crippen LogP contribution in [-0.2, 0) is 4.79 Å². The van der Waals surface area contributed by atoms with Gasteiger partial charge in [0.15, 0.2) is 0 Å². The molecule has 0 aliphatic rings. The molecule has 3 N–H and O–H groups in total. The highest BCUT2D eigenvalue weighted by Gasteiger charge is 2.16. The van der Waals surface area contributed by atoms with Crippen LogP contribution in [0.25, 0.3) is 0 Å². The van der Waals surface area contributed by atoms with Crippen LogP contribution in [0, 0.1) is 0 Å². The molecule has 14 heavy (non-hydrogen) atoms. The van der Waals surface area contributed by atoms with Gasteiger partial charge in [0, 0.05) is 17.8 Å². The number of aliphatic carboxylic acids is 1. The Morgan fingerprint density at radius 1 is 1.79 bits per heavy atom. The van der Waals surface area contributed by atoms with Crippen LogP contribution in [0.4, 0.5) is 0 Å². The molecule has 1 aromatic heterocycles. The molecule has 0 fully saturated rings. The molecule has 5 heteroatoms. The molecule has 78 valence electrons. The first kappa shape index (κ1) is 10.7. The zero-order chi connectivity index (χ0) is 10.7. The van der Waals surface area contributed by atoms with Gasteiger partial charge in [0.1, 0.15) is 6.04 Å². The Morgan fingerprint density at radius 2 is 2.43 bits per heavy atom. The van der Waals surface area contributed by atoms with Crippen molar-refractivity contribution in [2.75, 3.05) is 0 Å². The molecule has 0 spiro atoms. The summed E-state index contributed by atoms with van der Waals surface area (Å²) in [6.45, 7) is 4.06. The van der Waals surface area contributed by atoms with Crippen molar-refractivity contribution < 1.29 is 9.90 Å². The van der Waals surface area contributed by atoms with E-state index in [-0.39, 0.29) is 6.04 Å². The summed E-state index contributed by atoms with van der Waals surface area (Å²) in [5.74, 6) is -1.03. The van der Waals surface area contributed by atoms with Crippen LogP contribution < -0.4 is 5.73 Å². The predicted octanol–water partition coefficient (Wildman–Crippen LogP) is 0.938. The Bertz CT molecular complexity index is 322. The average molecular weight is 197 g/mol. The van der Waals surface area contributed by atoms with Crippen LogP contribution in [0.1, 0.15) is 37.9 Å². The van der Waals surface area contributed by atoms with Crippen molar-refractivity contribution in [2.24, 2.45) is 5.73 Å². The summed E-state index contributed by atoms with van der Waals surface area (Å²) in [5.41, 5.74) is 5.98. The van der Waals surface area contributed by atoms with Crippen LogP contribution in [0.3, 0.4) is 0 Å². The molecule has 0 amide bonds. The maximum Gasteiger partial charge on any atom is 0.325 e. The highest BCUT2D eigenvalue weighted by atomic mass is 16.4. The van der Waals surface area contributed by atoms with E-state index in [1.165, 1.54) is 6.20 Å². The lowest BCUT2D eigenvalue weighted by molar-refractivity contribution is -0.138. The Kier molecular flexibility index (Phi) is 3.24. The van der Waals surface area contributed by atoms with E-state index in [1.54, 1.807) is 10.9 Å². The second-order valence-electron chi connectivity index (χ2n) is 3.33. The molecule has 0 aromatic carbocycles. The first-order valence-corrected chi connectivity index (χ1v) is 4.58. The molecule has 0 bridgehead atoms. The Balaban J connectivity index is 2.82. The number of nitrogens with two attached hydrogens (primary N) is 1. The van der Waals surface area contributed by atoms with Gasteiger partial charge in [-0.25, -0.2) is 0 Å². The van der Waals surface area contributed by atoms with Gasteiger partial charge in [-0.15, -0.1) is 0 Å². The van der Waals surface area contributed by atoms with E-state index in [2.05, 4.69) is 5.10 Å². The highest BCUT2D eigenvalue weighted by molar-refractivity contribution is 5.74. The van der Waals surface area contributed by atoms with Gasteiger partial charge < -0.3 is 10.8 Å². The maximum atomic E-state index is 10.6. The number of nitrogens with zero attached hydrogens (tertiary/aromatic N) is 2. The van der Waals surface area contributed by atoms with Crippen molar-refractivity contribution >= 4 is 5.97 Å². The first-order valence-electron chi connectivity index (χ1n) is 4.58. The fourth-order valence-corrected chi connectivity index (χ4v) is 1.08. The summed E-state index contributed by atoms with van der Waals surface area (Å²) in [4.78, 5) is 10.6. The van der Waals surface area contributed by atoms with E-state index < -0.39 is 12.0 Å². The molecule has 5 nitrogen and oxygen atoms in total. The number of rotatable bonds is 4. The van der Waals surface area contributed by atoms with E-state index in [1.807, 2.05) is 13.8 Å². The number of carbonyl (C=O) groups is 1. The third-order valence-corrected chi connectivity index (χ3v) is 2.29. The second kappa shape index (κ2) is 4.23. The van der Waals surface area contributed by atoms with Crippen LogP contribution in [-0.4, -0.2) is 20.9 Å². The zero-order valence-electron chi connectivity index (χ0n) is 8.34. The van der Waals surface area contributed by atoms with E-state index in [0.717, 1.165) is 6.42 Å². The molecule has 1 aromatic rings. The third-order valence-electron chi connectivity index (χ3n) is 2.29. The van der Waals surface area contributed by atoms with Gasteiger partial charge in [-0.05, 0) is 13.3 Å². The van der Waals surface area contributed by atoms with E-state index in [4.69, 9.17) is 10.8 Å². The first-order chi connectivity index (χ1) is 6.56. The SMILES string of the molecule is CCC(C)n1cc(C(N)C(=O)O)cn1. The lowest BCUT2D eigenvalue weighted by Crippen LogP contribution is -2.20. The molecule has 2 atom stereocenters. The summed E-state index contributed by atoms with van der Waals surface area (Å²) < 4.78 is 1.73. The molecule has 1 heterocycles. The average Bonchev–Trinajstić information content (AvgIpc) is 2.64. The van der Waals surface area contributed by atoms with Crippen molar-refractivity contribution in [3.63, 3.8) is 0 Å². The largest absolute Gasteiger partial charge is 0.480 e. The van der Waals surface area contributed by atoms with Crippen LogP contribution >= 0.6 is 0 Å². The number of hydrogen-bond donors (Lipinski definition) is 2. The fourth-order valence-electron chi connectivity index (χ4n) is 1.08. The minimum atomic E-state index is -1.03. The van der Waals surface area contributed by atoms with Crippen molar-refractivity contribution in [2.45, 2.75) is 32.4 Å². The highest BCUT2D eigenvalue weighted by Crippen LogP contribution is 2.14. The Hall–Kier alpha value is -1.36. The normalized spacial score (nSPS) is 15.1. The molecule has 0 aliphatic heterocycles. The van der Waals surface area contributed by atoms with Crippen molar-refractivity contribution in [3.8, 4) is 0 Å². The standard InChI is InChI=1S/C9H15N3O2/c1-3-6(2)12-5-7(4-11-12)8(10)9(13)14/h4-6,8H,3,10H2,1-2H3,(H,13,14). The van der Waals surface area contributed by atoms with Gasteiger partial charge >= 0.3 is 5.97 Å². The number of carboxylic acids is 1. The smallest absolute Gasteiger partial charge is 0.325 e. The minimum Gasteiger partial charge on any atom is -0.480 e. The number of hydrogen-bond acceptors (Lipinski definition) is 3. The van der Waals surface area contributed by atoms with Gasteiger partial charge in [-0.2, -0.15) is 5.10 Å². The lowest BCUT2D eigenvalue weighted by atomic mass is 10.2. The van der Waals surface area contributed by atoms with E-state index in [0.29, 0.717) is 5.56 Å². The minimum absolute atomic E-state index is 0.268. The number of carboxylic acid groups (broad SMARTS) is 1. The van der Waals surface area contributed by atoms with E-state index >= 15 is 0 Å².